The average Bonchev–Trinajstić information content (AvgIpc) is 2.85. The predicted octanol–water partition coefficient (Wildman–Crippen LogP) is -1.32. The molecule has 0 amide bonds. The molecule has 0 spiro atoms. The average molecular weight is 518 g/mol. The minimum absolute atomic E-state index is 0.213. The van der Waals surface area contributed by atoms with Crippen LogP contribution in [0.25, 0.3) is 0 Å². The Labute approximate surface area is 205 Å². The van der Waals surface area contributed by atoms with Gasteiger partial charge in [-0.05, 0) is 18.2 Å². The molecule has 0 aromatic heterocycles. The number of carboxylic acids is 2. The predicted molar refractivity (Wildman–Crippen MR) is 114 cm³/mol. The number of fused-ring (bicyclic) bond motifs is 2. The van der Waals surface area contributed by atoms with E-state index in [9.17, 15) is 49.5 Å². The molecule has 37 heavy (non-hydrogen) atoms. The summed E-state index contributed by atoms with van der Waals surface area (Å²) >= 11 is 0. The highest BCUT2D eigenvalue weighted by Gasteiger charge is 2.46. The molecule has 1 aliphatic heterocycles. The first-order chi connectivity index (χ1) is 17.4. The van der Waals surface area contributed by atoms with E-state index in [-0.39, 0.29) is 22.4 Å². The van der Waals surface area contributed by atoms with E-state index >= 15 is 0 Å². The van der Waals surface area contributed by atoms with Gasteiger partial charge in [-0.25, -0.2) is 14.4 Å². The van der Waals surface area contributed by atoms with Gasteiger partial charge in [0.1, 0.15) is 42.5 Å². The van der Waals surface area contributed by atoms with Gasteiger partial charge in [-0.3, -0.25) is 9.59 Å². The summed E-state index contributed by atoms with van der Waals surface area (Å²) < 4.78 is 15.4. The Morgan fingerprint density at radius 2 is 1.59 bits per heavy atom. The van der Waals surface area contributed by atoms with E-state index in [0.29, 0.717) is 0 Å². The molecule has 14 nitrogen and oxygen atoms in total. The third-order valence-corrected chi connectivity index (χ3v) is 5.80. The van der Waals surface area contributed by atoms with Crippen LogP contribution in [0.2, 0.25) is 0 Å². The van der Waals surface area contributed by atoms with Crippen LogP contribution in [0.15, 0.2) is 30.3 Å². The molecule has 0 saturated carbocycles. The first-order valence-electron chi connectivity index (χ1n) is 10.5. The van der Waals surface area contributed by atoms with Crippen molar-refractivity contribution in [2.75, 3.05) is 6.61 Å². The Morgan fingerprint density at radius 3 is 2.24 bits per heavy atom. The number of hydrogen-bond acceptors (Lipinski definition) is 12. The van der Waals surface area contributed by atoms with Crippen molar-refractivity contribution in [3.8, 4) is 11.5 Å². The van der Waals surface area contributed by atoms with E-state index < -0.39 is 83.7 Å². The number of carbonyl (C=O) groups excluding carboxylic acids is 3. The van der Waals surface area contributed by atoms with Crippen LogP contribution in [-0.2, 0) is 19.1 Å². The number of ether oxygens (including phenoxy) is 3. The van der Waals surface area contributed by atoms with E-state index in [1.807, 2.05) is 0 Å². The van der Waals surface area contributed by atoms with Gasteiger partial charge < -0.3 is 44.8 Å². The number of carbonyl (C=O) groups is 5. The number of rotatable bonds is 5. The summed E-state index contributed by atoms with van der Waals surface area (Å²) in [7, 11) is 0. The number of aliphatic hydroxyl groups excluding tert-OH is 3. The fourth-order valence-electron chi connectivity index (χ4n) is 3.99. The normalized spacial score (nSPS) is 24.6. The lowest BCUT2D eigenvalue weighted by molar-refractivity contribution is -0.278. The second-order valence-corrected chi connectivity index (χ2v) is 8.10. The SMILES string of the molecule is O=C(O)C(=O)OC[C@H]1O[C@@H](Oc2cccc3c2C(=O)c2c(O)cc(C(=O)O)cc2C3=O)[C@H](O)[C@H](O)[C@H]1O. The number of esters is 1. The van der Waals surface area contributed by atoms with Crippen molar-refractivity contribution in [2.45, 2.75) is 30.7 Å². The number of ketones is 2. The maximum atomic E-state index is 13.3. The van der Waals surface area contributed by atoms with E-state index in [1.165, 1.54) is 18.2 Å². The maximum absolute atomic E-state index is 13.3. The number of aliphatic hydroxyl groups is 3. The molecule has 6 N–H and O–H groups in total. The lowest BCUT2D eigenvalue weighted by Crippen LogP contribution is -2.60. The van der Waals surface area contributed by atoms with Crippen LogP contribution in [0.3, 0.4) is 0 Å². The molecule has 1 saturated heterocycles. The Bertz CT molecular complexity index is 1330. The summed E-state index contributed by atoms with van der Waals surface area (Å²) in [5.74, 6) is -7.83. The molecule has 0 unspecified atom stereocenters. The Hall–Kier alpha value is -4.37. The summed E-state index contributed by atoms with van der Waals surface area (Å²) in [6, 6.07) is 5.52. The molecule has 0 bridgehead atoms. The van der Waals surface area contributed by atoms with Gasteiger partial charge in [-0.15, -0.1) is 0 Å². The summed E-state index contributed by atoms with van der Waals surface area (Å²) in [5.41, 5.74) is -1.81. The van der Waals surface area contributed by atoms with E-state index in [4.69, 9.17) is 14.6 Å². The molecule has 2 aromatic rings. The molecule has 1 fully saturated rings. The molecule has 2 aliphatic rings. The highest BCUT2D eigenvalue weighted by Crippen LogP contribution is 2.38. The van der Waals surface area contributed by atoms with E-state index in [2.05, 4.69) is 4.74 Å². The monoisotopic (exact) mass is 518 g/mol. The molecular weight excluding hydrogens is 500 g/mol. The largest absolute Gasteiger partial charge is 0.507 e. The standard InChI is InChI=1S/C23H18O14/c24-10-5-7(20(30)31)4-9-13(10)17(27)14-8(15(9)25)2-1-3-11(14)36-23-19(29)18(28)16(26)12(37-23)6-35-22(34)21(32)33/h1-5,12,16,18-19,23-24,26,28-29H,6H2,(H,30,31)(H,32,33)/t12-,16+,18-,19-,23-/m1/s1. The first kappa shape index (κ1) is 25.7. The van der Waals surface area contributed by atoms with Gasteiger partial charge in [0, 0.05) is 11.1 Å². The lowest BCUT2D eigenvalue weighted by Gasteiger charge is -2.40. The van der Waals surface area contributed by atoms with Crippen LogP contribution < -0.4 is 4.74 Å². The zero-order chi connectivity index (χ0) is 27.2. The second-order valence-electron chi connectivity index (χ2n) is 8.10. The van der Waals surface area contributed by atoms with Crippen molar-refractivity contribution in [2.24, 2.45) is 0 Å². The fourth-order valence-corrected chi connectivity index (χ4v) is 3.99. The van der Waals surface area contributed by atoms with Crippen molar-refractivity contribution < 1.29 is 68.8 Å². The van der Waals surface area contributed by atoms with Crippen molar-refractivity contribution in [3.63, 3.8) is 0 Å². The maximum Gasteiger partial charge on any atom is 0.417 e. The molecule has 1 aliphatic carbocycles. The van der Waals surface area contributed by atoms with Crippen molar-refractivity contribution >= 4 is 29.5 Å². The van der Waals surface area contributed by atoms with Crippen LogP contribution >= 0.6 is 0 Å². The third-order valence-electron chi connectivity index (χ3n) is 5.80. The summed E-state index contributed by atoms with van der Waals surface area (Å²) in [4.78, 5) is 59.5. The fraction of sp³-hybridized carbons (Fsp3) is 0.261. The minimum Gasteiger partial charge on any atom is -0.507 e. The summed E-state index contributed by atoms with van der Waals surface area (Å²) in [6.07, 6.45) is -9.00. The highest BCUT2D eigenvalue weighted by atomic mass is 16.7. The highest BCUT2D eigenvalue weighted by molar-refractivity contribution is 6.30. The van der Waals surface area contributed by atoms with Gasteiger partial charge in [0.2, 0.25) is 12.1 Å². The quantitative estimate of drug-likeness (QED) is 0.170. The molecule has 1 heterocycles. The summed E-state index contributed by atoms with van der Waals surface area (Å²) in [5, 5.41) is 58.8. The van der Waals surface area contributed by atoms with Crippen molar-refractivity contribution in [1.82, 2.24) is 0 Å². The topological polar surface area (TPSA) is 234 Å². The van der Waals surface area contributed by atoms with Gasteiger partial charge >= 0.3 is 17.9 Å². The number of phenolic OH excluding ortho intramolecular Hbond substituents is 1. The smallest absolute Gasteiger partial charge is 0.417 e. The Kier molecular flexibility index (Phi) is 6.66. The van der Waals surface area contributed by atoms with E-state index in [0.717, 1.165) is 12.1 Å². The number of aromatic carboxylic acids is 1. The van der Waals surface area contributed by atoms with Crippen LogP contribution in [0.1, 0.15) is 42.2 Å². The minimum atomic E-state index is -1.92. The van der Waals surface area contributed by atoms with Gasteiger partial charge in [-0.1, -0.05) is 12.1 Å². The van der Waals surface area contributed by atoms with Crippen LogP contribution in [0.4, 0.5) is 0 Å². The van der Waals surface area contributed by atoms with Gasteiger partial charge in [0.25, 0.3) is 0 Å². The number of aliphatic carboxylic acids is 1. The molecule has 14 heteroatoms. The molecule has 0 radical (unpaired) electrons. The third kappa shape index (κ3) is 4.49. The molecule has 194 valence electrons. The van der Waals surface area contributed by atoms with Gasteiger partial charge in [0.05, 0.1) is 16.7 Å². The van der Waals surface area contributed by atoms with Crippen molar-refractivity contribution in [1.29, 1.82) is 0 Å². The van der Waals surface area contributed by atoms with Crippen LogP contribution in [0.5, 0.6) is 11.5 Å². The Morgan fingerprint density at radius 1 is 0.892 bits per heavy atom. The molecular formula is C23H18O14. The zero-order valence-electron chi connectivity index (χ0n) is 18.4. The Balaban J connectivity index is 1.66. The first-order valence-corrected chi connectivity index (χ1v) is 10.5. The van der Waals surface area contributed by atoms with E-state index in [1.54, 1.807) is 0 Å². The van der Waals surface area contributed by atoms with Crippen molar-refractivity contribution in [3.05, 3.63) is 58.1 Å². The number of aromatic hydroxyl groups is 1. The molecule has 4 rings (SSSR count). The number of carboxylic acid groups (broad SMARTS) is 2. The molecule has 5 atom stereocenters. The van der Waals surface area contributed by atoms with Crippen LogP contribution in [-0.4, -0.2) is 97.4 Å². The molecule has 2 aromatic carbocycles. The number of phenols is 1. The second kappa shape index (κ2) is 9.59. The lowest BCUT2D eigenvalue weighted by atomic mass is 9.82. The number of hydrogen-bond donors (Lipinski definition) is 6. The number of benzene rings is 2. The van der Waals surface area contributed by atoms with Gasteiger partial charge in [-0.2, -0.15) is 0 Å². The van der Waals surface area contributed by atoms with Gasteiger partial charge in [0.15, 0.2) is 5.78 Å². The zero-order valence-corrected chi connectivity index (χ0v) is 18.4. The summed E-state index contributed by atoms with van der Waals surface area (Å²) in [6.45, 7) is -0.840. The van der Waals surface area contributed by atoms with Crippen LogP contribution in [0, 0.1) is 0 Å².